The van der Waals surface area contributed by atoms with Gasteiger partial charge >= 0.3 is 6.03 Å². The summed E-state index contributed by atoms with van der Waals surface area (Å²) in [6.07, 6.45) is 0.225. The van der Waals surface area contributed by atoms with Crippen molar-refractivity contribution in [2.75, 3.05) is 23.9 Å². The lowest BCUT2D eigenvalue weighted by Crippen LogP contribution is -2.39. The Labute approximate surface area is 161 Å². The van der Waals surface area contributed by atoms with Crippen molar-refractivity contribution >= 4 is 46.5 Å². The van der Waals surface area contributed by atoms with Crippen LogP contribution >= 0.6 is 23.2 Å². The number of carbonyl (C=O) groups is 2. The number of halogens is 2. The predicted octanol–water partition coefficient (Wildman–Crippen LogP) is 3.93. The Morgan fingerprint density at radius 1 is 1.19 bits per heavy atom. The first-order valence-electron chi connectivity index (χ1n) is 7.94. The molecule has 0 saturated carbocycles. The van der Waals surface area contributed by atoms with Crippen LogP contribution in [0.2, 0.25) is 10.0 Å². The maximum Gasteiger partial charge on any atom is 0.319 e. The molecule has 2 N–H and O–H groups in total. The molecule has 2 aromatic rings. The van der Waals surface area contributed by atoms with E-state index in [4.69, 9.17) is 27.9 Å². The van der Waals surface area contributed by atoms with Crippen LogP contribution in [0.3, 0.4) is 0 Å². The fourth-order valence-corrected chi connectivity index (χ4v) is 3.11. The van der Waals surface area contributed by atoms with E-state index in [1.165, 1.54) is 0 Å². The first-order chi connectivity index (χ1) is 12.5. The standard InChI is InChI=1S/C18H17Cl2N3O3/c1-26-13-7-5-12(6-8-13)23-10-11(9-16(23)24)21-18(25)22-15-4-2-3-14(19)17(15)20/h2-8,11H,9-10H2,1H3,(H2,21,22,25). The van der Waals surface area contributed by atoms with Gasteiger partial charge in [-0.05, 0) is 36.4 Å². The zero-order chi connectivity index (χ0) is 18.7. The maximum atomic E-state index is 12.3. The van der Waals surface area contributed by atoms with Crippen molar-refractivity contribution in [3.63, 3.8) is 0 Å². The topological polar surface area (TPSA) is 70.7 Å². The van der Waals surface area contributed by atoms with Crippen LogP contribution < -0.4 is 20.3 Å². The third kappa shape index (κ3) is 4.03. The highest BCUT2D eigenvalue weighted by Gasteiger charge is 2.31. The summed E-state index contributed by atoms with van der Waals surface area (Å²) in [5.74, 6) is 0.661. The second kappa shape index (κ2) is 7.85. The van der Waals surface area contributed by atoms with Crippen LogP contribution in [0.25, 0.3) is 0 Å². The van der Waals surface area contributed by atoms with E-state index in [0.717, 1.165) is 5.69 Å². The van der Waals surface area contributed by atoms with E-state index in [1.807, 2.05) is 12.1 Å². The smallest absolute Gasteiger partial charge is 0.319 e. The van der Waals surface area contributed by atoms with Gasteiger partial charge in [0.25, 0.3) is 0 Å². The lowest BCUT2D eigenvalue weighted by atomic mass is 10.2. The minimum absolute atomic E-state index is 0.0544. The molecular formula is C18H17Cl2N3O3. The van der Waals surface area contributed by atoms with Crippen molar-refractivity contribution in [3.8, 4) is 5.75 Å². The summed E-state index contributed by atoms with van der Waals surface area (Å²) in [5.41, 5.74) is 1.17. The highest BCUT2D eigenvalue weighted by molar-refractivity contribution is 6.43. The molecule has 3 rings (SSSR count). The van der Waals surface area contributed by atoms with Gasteiger partial charge in [-0.1, -0.05) is 29.3 Å². The van der Waals surface area contributed by atoms with Crippen molar-refractivity contribution in [1.29, 1.82) is 0 Å². The number of methoxy groups -OCH3 is 1. The Morgan fingerprint density at radius 2 is 1.92 bits per heavy atom. The van der Waals surface area contributed by atoms with Gasteiger partial charge in [-0.2, -0.15) is 0 Å². The van der Waals surface area contributed by atoms with Crippen LogP contribution in [0.15, 0.2) is 42.5 Å². The van der Waals surface area contributed by atoms with Crippen LogP contribution in [0, 0.1) is 0 Å². The first kappa shape index (κ1) is 18.4. The van der Waals surface area contributed by atoms with Crippen molar-refractivity contribution in [1.82, 2.24) is 5.32 Å². The summed E-state index contributed by atoms with van der Waals surface area (Å²) in [5, 5.41) is 6.06. The zero-order valence-electron chi connectivity index (χ0n) is 14.0. The molecule has 0 radical (unpaired) electrons. The predicted molar refractivity (Wildman–Crippen MR) is 102 cm³/mol. The molecule has 3 amide bonds. The Balaban J connectivity index is 1.61. The maximum absolute atomic E-state index is 12.3. The number of ether oxygens (including phenoxy) is 1. The molecule has 8 heteroatoms. The van der Waals surface area contributed by atoms with E-state index in [9.17, 15) is 9.59 Å². The molecule has 0 aromatic heterocycles. The molecule has 1 aliphatic heterocycles. The first-order valence-corrected chi connectivity index (χ1v) is 8.69. The summed E-state index contributed by atoms with van der Waals surface area (Å²) in [7, 11) is 1.58. The van der Waals surface area contributed by atoms with Gasteiger partial charge in [-0.3, -0.25) is 4.79 Å². The van der Waals surface area contributed by atoms with E-state index in [-0.39, 0.29) is 23.4 Å². The van der Waals surface area contributed by atoms with E-state index >= 15 is 0 Å². The Bertz CT molecular complexity index is 827. The van der Waals surface area contributed by atoms with Crippen LogP contribution in [0.1, 0.15) is 6.42 Å². The third-order valence-corrected chi connectivity index (χ3v) is 4.86. The number of benzene rings is 2. The largest absolute Gasteiger partial charge is 0.497 e. The molecule has 0 spiro atoms. The molecule has 26 heavy (non-hydrogen) atoms. The minimum atomic E-state index is -0.441. The average molecular weight is 394 g/mol. The lowest BCUT2D eigenvalue weighted by molar-refractivity contribution is -0.117. The van der Waals surface area contributed by atoms with Gasteiger partial charge in [-0.15, -0.1) is 0 Å². The van der Waals surface area contributed by atoms with Gasteiger partial charge in [-0.25, -0.2) is 4.79 Å². The SMILES string of the molecule is COc1ccc(N2CC(NC(=O)Nc3cccc(Cl)c3Cl)CC2=O)cc1. The average Bonchev–Trinajstić information content (AvgIpc) is 2.99. The van der Waals surface area contributed by atoms with Crippen LogP contribution in [0.5, 0.6) is 5.75 Å². The van der Waals surface area contributed by atoms with Crippen molar-refractivity contribution in [2.45, 2.75) is 12.5 Å². The molecule has 1 fully saturated rings. The minimum Gasteiger partial charge on any atom is -0.497 e. The Kier molecular flexibility index (Phi) is 5.54. The van der Waals surface area contributed by atoms with Gasteiger partial charge in [0.05, 0.1) is 28.9 Å². The Hall–Kier alpha value is -2.44. The fraction of sp³-hybridized carbons (Fsp3) is 0.222. The molecular weight excluding hydrogens is 377 g/mol. The van der Waals surface area contributed by atoms with Gasteiger partial charge < -0.3 is 20.3 Å². The number of urea groups is 1. The van der Waals surface area contributed by atoms with E-state index in [2.05, 4.69) is 10.6 Å². The van der Waals surface area contributed by atoms with E-state index in [0.29, 0.717) is 23.0 Å². The molecule has 1 saturated heterocycles. The number of anilines is 2. The van der Waals surface area contributed by atoms with Crippen LogP contribution in [-0.4, -0.2) is 31.6 Å². The number of nitrogens with one attached hydrogen (secondary N) is 2. The number of hydrogen-bond donors (Lipinski definition) is 2. The molecule has 0 aliphatic carbocycles. The number of nitrogens with zero attached hydrogens (tertiary/aromatic N) is 1. The second-order valence-corrected chi connectivity index (χ2v) is 6.59. The molecule has 136 valence electrons. The number of carbonyl (C=O) groups excluding carboxylic acids is 2. The third-order valence-electron chi connectivity index (χ3n) is 4.04. The van der Waals surface area contributed by atoms with E-state index < -0.39 is 6.03 Å². The summed E-state index contributed by atoms with van der Waals surface area (Å²) in [6.45, 7) is 0.391. The Morgan fingerprint density at radius 3 is 2.62 bits per heavy atom. The second-order valence-electron chi connectivity index (χ2n) is 5.80. The molecule has 2 aromatic carbocycles. The molecule has 1 unspecified atom stereocenters. The van der Waals surface area contributed by atoms with Crippen molar-refractivity contribution < 1.29 is 14.3 Å². The quantitative estimate of drug-likeness (QED) is 0.826. The molecule has 0 bridgehead atoms. The van der Waals surface area contributed by atoms with Gasteiger partial charge in [0.2, 0.25) is 5.91 Å². The van der Waals surface area contributed by atoms with Crippen LogP contribution in [0.4, 0.5) is 16.2 Å². The highest BCUT2D eigenvalue weighted by atomic mass is 35.5. The summed E-state index contributed by atoms with van der Waals surface area (Å²) in [4.78, 5) is 26.1. The van der Waals surface area contributed by atoms with Crippen molar-refractivity contribution in [2.24, 2.45) is 0 Å². The lowest BCUT2D eigenvalue weighted by Gasteiger charge is -2.18. The normalized spacial score (nSPS) is 16.5. The van der Waals surface area contributed by atoms with Gasteiger partial charge in [0, 0.05) is 18.7 Å². The van der Waals surface area contributed by atoms with Gasteiger partial charge in [0.1, 0.15) is 5.75 Å². The molecule has 1 heterocycles. The van der Waals surface area contributed by atoms with Gasteiger partial charge in [0.15, 0.2) is 0 Å². The number of hydrogen-bond acceptors (Lipinski definition) is 3. The molecule has 6 nitrogen and oxygen atoms in total. The summed E-state index contributed by atoms with van der Waals surface area (Å²) >= 11 is 12.0. The number of amides is 3. The fourth-order valence-electron chi connectivity index (χ4n) is 2.76. The molecule has 1 atom stereocenters. The monoisotopic (exact) mass is 393 g/mol. The summed E-state index contributed by atoms with van der Waals surface area (Å²) < 4.78 is 5.12. The molecule has 1 aliphatic rings. The summed E-state index contributed by atoms with van der Waals surface area (Å²) in [6, 6.07) is 11.4. The number of rotatable bonds is 4. The van der Waals surface area contributed by atoms with Crippen LogP contribution in [-0.2, 0) is 4.79 Å². The highest BCUT2D eigenvalue weighted by Crippen LogP contribution is 2.29. The zero-order valence-corrected chi connectivity index (χ0v) is 15.5. The van der Waals surface area contributed by atoms with E-state index in [1.54, 1.807) is 42.3 Å². The van der Waals surface area contributed by atoms with Crippen molar-refractivity contribution in [3.05, 3.63) is 52.5 Å².